The molecule has 0 aromatic carbocycles. The molecule has 0 aromatic rings. The molecule has 0 heterocycles. The lowest BCUT2D eigenvalue weighted by atomic mass is 10.1. The van der Waals surface area contributed by atoms with Gasteiger partial charge in [0.05, 0.1) is 0 Å². The summed E-state index contributed by atoms with van der Waals surface area (Å²) in [6.07, 6.45) is 1.54. The number of carbonyl (C=O) groups is 1. The summed E-state index contributed by atoms with van der Waals surface area (Å²) < 4.78 is 0. The Bertz CT molecular complexity index is 118. The van der Waals surface area contributed by atoms with Gasteiger partial charge in [-0.15, -0.1) is 0 Å². The summed E-state index contributed by atoms with van der Waals surface area (Å²) in [6, 6.07) is 0. The highest BCUT2D eigenvalue weighted by Crippen LogP contribution is 2.02. The van der Waals surface area contributed by atoms with E-state index in [0.717, 1.165) is 6.42 Å². The predicted octanol–water partition coefficient (Wildman–Crippen LogP) is 2.31. The van der Waals surface area contributed by atoms with Crippen LogP contribution in [0.5, 0.6) is 0 Å². The Hall–Kier alpha value is -0.110. The topological polar surface area (TPSA) is 17.1 Å². The van der Waals surface area contributed by atoms with E-state index < -0.39 is 0 Å². The van der Waals surface area contributed by atoms with Crippen molar-refractivity contribution in [3.63, 3.8) is 0 Å². The van der Waals surface area contributed by atoms with Crippen LogP contribution in [-0.4, -0.2) is 11.1 Å². The number of ketones is 1. The Labute approximate surface area is 64.3 Å². The third-order valence-electron chi connectivity index (χ3n) is 1.03. The molecule has 0 radical (unpaired) electrons. The molecule has 0 saturated heterocycles. The molecule has 52 valence electrons. The number of rotatable bonds is 4. The number of alkyl halides is 1. The molecule has 1 nitrogen and oxygen atoms in total. The number of allylic oxidation sites excluding steroid dienone is 1. The van der Waals surface area contributed by atoms with Gasteiger partial charge < -0.3 is 0 Å². The number of carbonyl (C=O) groups excluding carboxylic acids is 1. The van der Waals surface area contributed by atoms with Gasteiger partial charge >= 0.3 is 0 Å². The van der Waals surface area contributed by atoms with Crippen molar-refractivity contribution in [2.75, 3.05) is 5.33 Å². The van der Waals surface area contributed by atoms with Crippen molar-refractivity contribution in [2.24, 2.45) is 0 Å². The van der Waals surface area contributed by atoms with Crippen LogP contribution in [0.3, 0.4) is 0 Å². The summed E-state index contributed by atoms with van der Waals surface area (Å²) >= 11 is 3.16. The van der Waals surface area contributed by atoms with Crippen LogP contribution >= 0.6 is 15.9 Å². The van der Waals surface area contributed by atoms with Gasteiger partial charge in [0.2, 0.25) is 0 Å². The molecular formula is C7H11BrO. The van der Waals surface area contributed by atoms with Gasteiger partial charge in [-0.05, 0) is 12.0 Å². The van der Waals surface area contributed by atoms with Crippen LogP contribution in [0.4, 0.5) is 0 Å². The van der Waals surface area contributed by atoms with Crippen LogP contribution < -0.4 is 0 Å². The van der Waals surface area contributed by atoms with Crippen molar-refractivity contribution in [1.82, 2.24) is 0 Å². The van der Waals surface area contributed by atoms with Gasteiger partial charge in [-0.3, -0.25) is 4.79 Å². The van der Waals surface area contributed by atoms with Crippen molar-refractivity contribution in [3.05, 3.63) is 12.2 Å². The Kier molecular flexibility index (Phi) is 4.68. The van der Waals surface area contributed by atoms with Crippen molar-refractivity contribution in [1.29, 1.82) is 0 Å². The fourth-order valence-electron chi connectivity index (χ4n) is 0.478. The smallest absolute Gasteiger partial charge is 0.159 e. The fraction of sp³-hybridized carbons (Fsp3) is 0.571. The standard InChI is InChI=1S/C7H11BrO/c1-3-4-7(9)6(2)5-8/h2-5H2,1H3. The normalized spacial score (nSPS) is 9.11. The predicted molar refractivity (Wildman–Crippen MR) is 42.8 cm³/mol. The first-order valence-electron chi connectivity index (χ1n) is 2.99. The van der Waals surface area contributed by atoms with Gasteiger partial charge in [0.25, 0.3) is 0 Å². The Morgan fingerprint density at radius 2 is 2.22 bits per heavy atom. The van der Waals surface area contributed by atoms with Gasteiger partial charge in [0, 0.05) is 11.8 Å². The molecule has 0 aliphatic heterocycles. The lowest BCUT2D eigenvalue weighted by molar-refractivity contribution is -0.115. The average molecular weight is 191 g/mol. The summed E-state index contributed by atoms with van der Waals surface area (Å²) in [4.78, 5) is 10.8. The van der Waals surface area contributed by atoms with E-state index in [1.165, 1.54) is 0 Å². The summed E-state index contributed by atoms with van der Waals surface area (Å²) in [5.41, 5.74) is 0.678. The molecule has 0 amide bonds. The Morgan fingerprint density at radius 1 is 1.67 bits per heavy atom. The average Bonchev–Trinajstić information content (AvgIpc) is 1.87. The van der Waals surface area contributed by atoms with E-state index >= 15 is 0 Å². The molecule has 0 spiro atoms. The minimum Gasteiger partial charge on any atom is -0.295 e. The number of hydrogen-bond donors (Lipinski definition) is 0. The van der Waals surface area contributed by atoms with Gasteiger partial charge in [-0.25, -0.2) is 0 Å². The third-order valence-corrected chi connectivity index (χ3v) is 1.71. The van der Waals surface area contributed by atoms with Crippen LogP contribution in [0.15, 0.2) is 12.2 Å². The summed E-state index contributed by atoms with van der Waals surface area (Å²) in [6.45, 7) is 5.58. The second kappa shape index (κ2) is 4.74. The SMILES string of the molecule is C=C(CBr)C(=O)CCC. The molecule has 0 aliphatic rings. The van der Waals surface area contributed by atoms with E-state index in [0.29, 0.717) is 17.3 Å². The van der Waals surface area contributed by atoms with Gasteiger partial charge in [-0.1, -0.05) is 29.4 Å². The van der Waals surface area contributed by atoms with Gasteiger partial charge in [0.1, 0.15) is 0 Å². The molecule has 9 heavy (non-hydrogen) atoms. The van der Waals surface area contributed by atoms with Crippen LogP contribution in [-0.2, 0) is 4.79 Å². The molecular weight excluding hydrogens is 180 g/mol. The number of halogens is 1. The molecule has 2 heteroatoms. The van der Waals surface area contributed by atoms with Crippen molar-refractivity contribution >= 4 is 21.7 Å². The Morgan fingerprint density at radius 3 is 2.56 bits per heavy atom. The van der Waals surface area contributed by atoms with E-state index in [9.17, 15) is 4.79 Å². The maximum Gasteiger partial charge on any atom is 0.159 e. The maximum absolute atomic E-state index is 10.8. The highest BCUT2D eigenvalue weighted by Gasteiger charge is 2.01. The summed E-state index contributed by atoms with van der Waals surface area (Å²) in [5, 5.41) is 0.603. The molecule has 0 unspecified atom stereocenters. The molecule has 0 aliphatic carbocycles. The fourth-order valence-corrected chi connectivity index (χ4v) is 0.791. The first-order valence-corrected chi connectivity index (χ1v) is 4.11. The number of hydrogen-bond acceptors (Lipinski definition) is 1. The van der Waals surface area contributed by atoms with Crippen molar-refractivity contribution in [2.45, 2.75) is 19.8 Å². The minimum atomic E-state index is 0.175. The van der Waals surface area contributed by atoms with Crippen LogP contribution in [0, 0.1) is 0 Å². The third kappa shape index (κ3) is 3.46. The highest BCUT2D eigenvalue weighted by atomic mass is 79.9. The molecule has 0 fully saturated rings. The quantitative estimate of drug-likeness (QED) is 0.492. The largest absolute Gasteiger partial charge is 0.295 e. The van der Waals surface area contributed by atoms with Gasteiger partial charge in [0.15, 0.2) is 5.78 Å². The van der Waals surface area contributed by atoms with E-state index in [2.05, 4.69) is 22.5 Å². The first-order chi connectivity index (χ1) is 4.22. The summed E-state index contributed by atoms with van der Waals surface area (Å²) in [5.74, 6) is 0.175. The zero-order chi connectivity index (χ0) is 7.28. The van der Waals surface area contributed by atoms with Crippen LogP contribution in [0.1, 0.15) is 19.8 Å². The lowest BCUT2D eigenvalue weighted by Crippen LogP contribution is -2.00. The second-order valence-electron chi connectivity index (χ2n) is 1.91. The molecule has 0 aromatic heterocycles. The minimum absolute atomic E-state index is 0.175. The van der Waals surface area contributed by atoms with Gasteiger partial charge in [-0.2, -0.15) is 0 Å². The maximum atomic E-state index is 10.8. The van der Waals surface area contributed by atoms with Crippen LogP contribution in [0.2, 0.25) is 0 Å². The zero-order valence-corrected chi connectivity index (χ0v) is 7.20. The second-order valence-corrected chi connectivity index (χ2v) is 2.47. The zero-order valence-electron chi connectivity index (χ0n) is 5.61. The van der Waals surface area contributed by atoms with Crippen molar-refractivity contribution < 1.29 is 4.79 Å². The van der Waals surface area contributed by atoms with E-state index in [-0.39, 0.29) is 5.78 Å². The number of Topliss-reactive ketones (excluding diaryl/α,β-unsaturated/α-hetero) is 1. The Balaban J connectivity index is 3.60. The van der Waals surface area contributed by atoms with Crippen molar-refractivity contribution in [3.8, 4) is 0 Å². The molecule has 0 saturated carbocycles. The molecule has 0 N–H and O–H groups in total. The molecule has 0 atom stereocenters. The molecule has 0 bridgehead atoms. The lowest BCUT2D eigenvalue weighted by Gasteiger charge is -1.95. The first kappa shape index (κ1) is 8.89. The van der Waals surface area contributed by atoms with E-state index in [4.69, 9.17) is 0 Å². The van der Waals surface area contributed by atoms with E-state index in [1.807, 2.05) is 6.92 Å². The summed E-state index contributed by atoms with van der Waals surface area (Å²) in [7, 11) is 0. The van der Waals surface area contributed by atoms with Crippen LogP contribution in [0.25, 0.3) is 0 Å². The monoisotopic (exact) mass is 190 g/mol. The highest BCUT2D eigenvalue weighted by molar-refractivity contribution is 9.09. The van der Waals surface area contributed by atoms with E-state index in [1.54, 1.807) is 0 Å². The molecule has 0 rings (SSSR count).